The van der Waals surface area contributed by atoms with E-state index in [0.717, 1.165) is 49.4 Å². The minimum absolute atomic E-state index is 0.0457. The lowest BCUT2D eigenvalue weighted by Gasteiger charge is -2.28. The molecule has 1 aliphatic rings. The number of anilines is 2. The first-order valence-corrected chi connectivity index (χ1v) is 15.7. The summed E-state index contributed by atoms with van der Waals surface area (Å²) in [5.74, 6) is 5.40. The lowest BCUT2D eigenvalue weighted by atomic mass is 9.92. The highest BCUT2D eigenvalue weighted by atomic mass is 19.4. The van der Waals surface area contributed by atoms with Gasteiger partial charge in [-0.15, -0.1) is 0 Å². The Labute approximate surface area is 280 Å². The van der Waals surface area contributed by atoms with Crippen molar-refractivity contribution in [3.63, 3.8) is 0 Å². The van der Waals surface area contributed by atoms with E-state index in [0.29, 0.717) is 28.6 Å². The summed E-state index contributed by atoms with van der Waals surface area (Å²) in [5, 5.41) is 8.01. The van der Waals surface area contributed by atoms with Gasteiger partial charge in [-0.3, -0.25) is 13.9 Å². The minimum atomic E-state index is -4.65. The van der Waals surface area contributed by atoms with Crippen LogP contribution >= 0.6 is 0 Å². The second kappa shape index (κ2) is 12.6. The number of pyridine rings is 1. The summed E-state index contributed by atoms with van der Waals surface area (Å²) < 4.78 is 47.7. The summed E-state index contributed by atoms with van der Waals surface area (Å²) in [7, 11) is 2.13. The summed E-state index contributed by atoms with van der Waals surface area (Å²) in [4.78, 5) is 23.7. The van der Waals surface area contributed by atoms with Gasteiger partial charge in [0.15, 0.2) is 5.65 Å². The zero-order valence-electron chi connectivity index (χ0n) is 26.7. The van der Waals surface area contributed by atoms with Gasteiger partial charge in [-0.2, -0.15) is 18.3 Å². The molecule has 6 aromatic rings. The highest BCUT2D eigenvalue weighted by Crippen LogP contribution is 2.37. The maximum atomic E-state index is 14.1. The number of piperidine rings is 1. The van der Waals surface area contributed by atoms with Crippen LogP contribution in [0.15, 0.2) is 85.8 Å². The normalized spacial score (nSPS) is 14.1. The third-order valence-electron chi connectivity index (χ3n) is 8.68. The molecule has 4 aromatic heterocycles. The van der Waals surface area contributed by atoms with Crippen molar-refractivity contribution < 1.29 is 18.0 Å². The minimum Gasteiger partial charge on any atom is -0.366 e. The number of likely N-dealkylation sites (tertiary alicyclic amines) is 1. The van der Waals surface area contributed by atoms with Crippen molar-refractivity contribution in [2.45, 2.75) is 32.0 Å². The Bertz CT molecular complexity index is 2240. The molecule has 3 N–H and O–H groups in total. The molecule has 1 saturated heterocycles. The van der Waals surface area contributed by atoms with Gasteiger partial charge >= 0.3 is 6.18 Å². The number of rotatable bonds is 6. The Balaban J connectivity index is 1.25. The number of hydrogen-bond donors (Lipinski definition) is 2. The molecular weight excluding hydrogens is 631 g/mol. The second-order valence-corrected chi connectivity index (χ2v) is 12.2. The van der Waals surface area contributed by atoms with Gasteiger partial charge in [-0.25, -0.2) is 9.97 Å². The Morgan fingerprint density at radius 2 is 1.84 bits per heavy atom. The van der Waals surface area contributed by atoms with Gasteiger partial charge in [0.25, 0.3) is 0 Å². The number of imidazole rings is 2. The Morgan fingerprint density at radius 1 is 1.02 bits per heavy atom. The average molecular weight is 664 g/mol. The van der Waals surface area contributed by atoms with Gasteiger partial charge in [0.1, 0.15) is 5.69 Å². The maximum absolute atomic E-state index is 14.1. The molecule has 7 rings (SSSR count). The molecule has 0 bridgehead atoms. The molecule has 0 saturated carbocycles. The first kappa shape index (κ1) is 31.7. The van der Waals surface area contributed by atoms with E-state index in [1.165, 1.54) is 17.0 Å². The summed E-state index contributed by atoms with van der Waals surface area (Å²) >= 11 is 0. The van der Waals surface area contributed by atoms with Crippen LogP contribution in [0.1, 0.15) is 51.8 Å². The van der Waals surface area contributed by atoms with Gasteiger partial charge in [0.2, 0.25) is 5.91 Å². The molecule has 49 heavy (non-hydrogen) atoms. The molecule has 1 aliphatic heterocycles. The van der Waals surface area contributed by atoms with Crippen LogP contribution in [-0.4, -0.2) is 59.7 Å². The third kappa shape index (κ3) is 6.50. The zero-order valence-corrected chi connectivity index (χ0v) is 26.7. The number of fused-ring (bicyclic) bond motifs is 1. The molecule has 0 radical (unpaired) electrons. The van der Waals surface area contributed by atoms with Crippen LogP contribution in [0.5, 0.6) is 0 Å². The van der Waals surface area contributed by atoms with Crippen molar-refractivity contribution in [2.75, 3.05) is 25.5 Å². The number of carbonyl (C=O) groups is 1. The van der Waals surface area contributed by atoms with E-state index in [9.17, 15) is 18.0 Å². The summed E-state index contributed by atoms with van der Waals surface area (Å²) in [6.07, 6.45) is 7.73. The van der Waals surface area contributed by atoms with Gasteiger partial charge in [0, 0.05) is 41.0 Å². The fraction of sp³-hybridized carbons (Fsp3) is 0.222. The van der Waals surface area contributed by atoms with Crippen LogP contribution in [0.3, 0.4) is 0 Å². The van der Waals surface area contributed by atoms with E-state index in [2.05, 4.69) is 44.2 Å². The number of nitrogens with one attached hydrogen (secondary N) is 1. The second-order valence-electron chi connectivity index (χ2n) is 12.2. The largest absolute Gasteiger partial charge is 0.416 e. The number of aromatic nitrogens is 6. The van der Waals surface area contributed by atoms with E-state index < -0.39 is 17.6 Å². The first-order chi connectivity index (χ1) is 23.5. The van der Waals surface area contributed by atoms with Crippen molar-refractivity contribution in [1.82, 2.24) is 33.6 Å². The lowest BCUT2D eigenvalue weighted by molar-refractivity contribution is -0.137. The molecule has 1 amide bonds. The third-order valence-corrected chi connectivity index (χ3v) is 8.68. The maximum Gasteiger partial charge on any atom is 0.416 e. The van der Waals surface area contributed by atoms with E-state index in [-0.39, 0.29) is 22.4 Å². The van der Waals surface area contributed by atoms with E-state index >= 15 is 0 Å². The number of primary amides is 1. The summed E-state index contributed by atoms with van der Waals surface area (Å²) in [6, 6.07) is 12.5. The van der Waals surface area contributed by atoms with E-state index in [1.54, 1.807) is 43.7 Å². The Hall–Kier alpha value is -5.87. The molecule has 0 aliphatic carbocycles. The van der Waals surface area contributed by atoms with Crippen LogP contribution in [0.2, 0.25) is 0 Å². The number of nitrogens with two attached hydrogens (primary N) is 1. The topological polar surface area (TPSA) is 111 Å². The number of carbonyl (C=O) groups excluding carboxylic acids is 1. The van der Waals surface area contributed by atoms with Gasteiger partial charge < -0.3 is 20.5 Å². The van der Waals surface area contributed by atoms with Crippen LogP contribution in [0.4, 0.5) is 24.5 Å². The number of benzene rings is 2. The smallest absolute Gasteiger partial charge is 0.366 e. The average Bonchev–Trinajstić information content (AvgIpc) is 3.84. The molecule has 13 heteroatoms. The van der Waals surface area contributed by atoms with Crippen molar-refractivity contribution >= 4 is 22.9 Å². The number of amides is 1. The monoisotopic (exact) mass is 663 g/mol. The molecule has 248 valence electrons. The SMILES string of the molecule is Cc1cn(-c2cc(-c3c(C#Cc4cnc5c(Nc6cnn(C7CCN(C)CC7)c6)cccn45)cccc3C(N)=O)cc(C(F)(F)F)c2)cn1. The van der Waals surface area contributed by atoms with Crippen LogP contribution in [0.25, 0.3) is 22.5 Å². The van der Waals surface area contributed by atoms with E-state index in [4.69, 9.17) is 5.73 Å². The Morgan fingerprint density at radius 3 is 2.57 bits per heavy atom. The summed E-state index contributed by atoms with van der Waals surface area (Å²) in [5.41, 5.74) is 9.17. The molecule has 5 heterocycles. The fourth-order valence-electron chi connectivity index (χ4n) is 6.15. The van der Waals surface area contributed by atoms with Crippen LogP contribution in [0, 0.1) is 18.8 Å². The van der Waals surface area contributed by atoms with Crippen molar-refractivity contribution in [2.24, 2.45) is 5.73 Å². The number of halogens is 3. The highest BCUT2D eigenvalue weighted by Gasteiger charge is 2.32. The number of alkyl halides is 3. The number of aryl methyl sites for hydroxylation is 1. The van der Waals surface area contributed by atoms with Crippen molar-refractivity contribution in [1.29, 1.82) is 0 Å². The molecule has 10 nitrogen and oxygen atoms in total. The number of nitrogens with zero attached hydrogens (tertiary/aromatic N) is 7. The first-order valence-electron chi connectivity index (χ1n) is 15.7. The molecular formula is C36H32F3N9O. The van der Waals surface area contributed by atoms with Gasteiger partial charge in [-0.05, 0) is 93.9 Å². The highest BCUT2D eigenvalue weighted by molar-refractivity contribution is 6.01. The standard InChI is InChI=1S/C36H32F3N9O/c1-23-20-46(22-42-23)30-16-25(15-26(17-30)36(37,38)39)33-24(5-3-6-31(33)34(40)49)8-9-29-19-41-35-32(7-4-12-47(29)35)44-27-18-43-48(21-27)28-10-13-45(2)14-11-28/h3-7,12,15-22,28,44H,10-11,13-14H2,1-2H3,(H2,40,49). The predicted octanol–water partition coefficient (Wildman–Crippen LogP) is 6.22. The quantitative estimate of drug-likeness (QED) is 0.205. The predicted molar refractivity (Wildman–Crippen MR) is 180 cm³/mol. The molecule has 2 aromatic carbocycles. The van der Waals surface area contributed by atoms with Crippen molar-refractivity contribution in [3.05, 3.63) is 114 Å². The van der Waals surface area contributed by atoms with Gasteiger partial charge in [0.05, 0.1) is 47.4 Å². The zero-order chi connectivity index (χ0) is 34.3. The number of hydrogen-bond acceptors (Lipinski definition) is 6. The Kier molecular flexibility index (Phi) is 8.17. The molecule has 0 spiro atoms. The van der Waals surface area contributed by atoms with Crippen LogP contribution in [-0.2, 0) is 6.18 Å². The fourth-order valence-corrected chi connectivity index (χ4v) is 6.15. The summed E-state index contributed by atoms with van der Waals surface area (Å²) in [6.45, 7) is 3.81. The molecule has 0 unspecified atom stereocenters. The van der Waals surface area contributed by atoms with Gasteiger partial charge in [-0.1, -0.05) is 12.0 Å². The lowest BCUT2D eigenvalue weighted by Crippen LogP contribution is -2.31. The van der Waals surface area contributed by atoms with E-state index in [1.807, 2.05) is 33.6 Å². The molecule has 1 fully saturated rings. The molecule has 0 atom stereocenters. The van der Waals surface area contributed by atoms with Crippen molar-refractivity contribution in [3.8, 4) is 28.7 Å². The van der Waals surface area contributed by atoms with Crippen LogP contribution < -0.4 is 11.1 Å².